The molecule has 1 aliphatic heterocycles. The van der Waals surface area contributed by atoms with Crippen LogP contribution in [0.4, 0.5) is 0 Å². The highest BCUT2D eigenvalue weighted by Crippen LogP contribution is 2.84. The largest absolute Gasteiger partial charge is 0.0667 e. The van der Waals surface area contributed by atoms with E-state index in [1.165, 1.54) is 19.0 Å². The SMILES string of the molecule is CCCCP1[P][C](C(C)(C)C)[P]C1C(C)(C)C. The zero-order valence-electron chi connectivity index (χ0n) is 12.5. The molecule has 0 nitrogen and oxygen atoms in total. The molecule has 0 aliphatic carbocycles. The number of hydrogen-bond donors (Lipinski definition) is 0. The lowest BCUT2D eigenvalue weighted by Crippen LogP contribution is -2.19. The van der Waals surface area contributed by atoms with Crippen molar-refractivity contribution < 1.29 is 0 Å². The van der Waals surface area contributed by atoms with Crippen molar-refractivity contribution in [3.8, 4) is 0 Å². The molecule has 0 aromatic heterocycles. The van der Waals surface area contributed by atoms with Gasteiger partial charge in [0.1, 0.15) is 0 Å². The lowest BCUT2D eigenvalue weighted by molar-refractivity contribution is 0.452. The Balaban J connectivity index is 2.72. The Labute approximate surface area is 114 Å². The van der Waals surface area contributed by atoms with Gasteiger partial charge in [-0.15, -0.1) is 0 Å². The van der Waals surface area contributed by atoms with Crippen LogP contribution in [0.1, 0.15) is 61.3 Å². The molecular formula is C14H28P3. The van der Waals surface area contributed by atoms with Gasteiger partial charge in [0.05, 0.1) is 0 Å². The lowest BCUT2D eigenvalue weighted by Gasteiger charge is -2.31. The Kier molecular flexibility index (Phi) is 5.92. The van der Waals surface area contributed by atoms with E-state index >= 15 is 0 Å². The maximum absolute atomic E-state index is 2.44. The summed E-state index contributed by atoms with van der Waals surface area (Å²) in [7, 11) is 3.60. The third-order valence-electron chi connectivity index (χ3n) is 2.94. The average molecular weight is 289 g/mol. The van der Waals surface area contributed by atoms with Crippen molar-refractivity contribution in [1.82, 2.24) is 0 Å². The number of rotatable bonds is 3. The molecule has 0 aromatic rings. The minimum atomic E-state index is 0.217. The van der Waals surface area contributed by atoms with Crippen LogP contribution in [0.3, 0.4) is 0 Å². The smallest absolute Gasteiger partial charge is 0.0430 e. The minimum absolute atomic E-state index is 0.217. The van der Waals surface area contributed by atoms with Gasteiger partial charge in [0.25, 0.3) is 0 Å². The van der Waals surface area contributed by atoms with E-state index in [0.29, 0.717) is 10.8 Å². The summed E-state index contributed by atoms with van der Waals surface area (Å²) in [6.07, 6.45) is 4.27. The fraction of sp³-hybridized carbons (Fsp3) is 0.929. The van der Waals surface area contributed by atoms with E-state index in [0.717, 1.165) is 5.40 Å². The first-order valence-electron chi connectivity index (χ1n) is 6.73. The molecule has 0 saturated carbocycles. The van der Waals surface area contributed by atoms with Crippen LogP contribution in [-0.2, 0) is 0 Å². The molecule has 17 heavy (non-hydrogen) atoms. The topological polar surface area (TPSA) is 0 Å². The fourth-order valence-corrected chi connectivity index (χ4v) is 13.6. The monoisotopic (exact) mass is 289 g/mol. The highest BCUT2D eigenvalue weighted by atomic mass is 32.1. The van der Waals surface area contributed by atoms with Gasteiger partial charge in [0.2, 0.25) is 0 Å². The van der Waals surface area contributed by atoms with Gasteiger partial charge in [0, 0.05) is 10.8 Å². The lowest BCUT2D eigenvalue weighted by atomic mass is 9.99. The Morgan fingerprint density at radius 3 is 2.12 bits per heavy atom. The molecular weight excluding hydrogens is 261 g/mol. The Morgan fingerprint density at radius 2 is 1.71 bits per heavy atom. The van der Waals surface area contributed by atoms with Crippen LogP contribution < -0.4 is 0 Å². The van der Waals surface area contributed by atoms with Crippen molar-refractivity contribution in [3.05, 3.63) is 5.40 Å². The maximum Gasteiger partial charge on any atom is 0.0430 e. The molecule has 1 saturated heterocycles. The van der Waals surface area contributed by atoms with Crippen LogP contribution in [0, 0.1) is 16.2 Å². The minimum Gasteiger partial charge on any atom is -0.0667 e. The van der Waals surface area contributed by atoms with Crippen LogP contribution in [0.25, 0.3) is 0 Å². The van der Waals surface area contributed by atoms with Gasteiger partial charge in [-0.3, -0.25) is 0 Å². The summed E-state index contributed by atoms with van der Waals surface area (Å²) in [4.78, 5) is 0. The Morgan fingerprint density at radius 1 is 1.12 bits per heavy atom. The third-order valence-corrected chi connectivity index (χ3v) is 13.6. The van der Waals surface area contributed by atoms with Crippen molar-refractivity contribution >= 4 is 24.5 Å². The maximum atomic E-state index is 2.44. The van der Waals surface area contributed by atoms with E-state index in [-0.39, 0.29) is 7.61 Å². The molecule has 0 bridgehead atoms. The molecule has 1 fully saturated rings. The summed E-state index contributed by atoms with van der Waals surface area (Å²) < 4.78 is 0. The standard InChI is InChI=1S/C14H28P3/c1-8-9-10-17-12(14(5,6)7)15-11(16-17)13(2,3)4/h12H,8-10H2,1-7H3. The first-order valence-corrected chi connectivity index (χ1v) is 10.9. The average Bonchev–Trinajstić information content (AvgIpc) is 2.56. The highest BCUT2D eigenvalue weighted by molar-refractivity contribution is 8.29. The molecule has 3 heteroatoms. The molecule has 2 atom stereocenters. The number of unbranched alkanes of at least 4 members (excludes halogenated alkanes) is 1. The Hall–Kier alpha value is 1.29. The zero-order valence-corrected chi connectivity index (χ0v) is 15.2. The van der Waals surface area contributed by atoms with Gasteiger partial charge in [-0.25, -0.2) is 0 Å². The predicted octanol–water partition coefficient (Wildman–Crippen LogP) is 7.00. The van der Waals surface area contributed by atoms with Crippen molar-refractivity contribution in [3.63, 3.8) is 0 Å². The molecule has 0 N–H and O–H groups in total. The van der Waals surface area contributed by atoms with Gasteiger partial charge in [-0.05, 0) is 31.7 Å². The van der Waals surface area contributed by atoms with Gasteiger partial charge in [-0.1, -0.05) is 71.1 Å². The summed E-state index contributed by atoms with van der Waals surface area (Å²) in [6.45, 7) is 16.8. The third kappa shape index (κ3) is 4.71. The van der Waals surface area contributed by atoms with Gasteiger partial charge >= 0.3 is 0 Å². The van der Waals surface area contributed by atoms with E-state index in [2.05, 4.69) is 48.5 Å². The molecule has 2 unspecified atom stereocenters. The van der Waals surface area contributed by atoms with Crippen LogP contribution in [0.5, 0.6) is 0 Å². The van der Waals surface area contributed by atoms with Gasteiger partial charge in [0.15, 0.2) is 0 Å². The molecule has 3 radical (unpaired) electrons. The zero-order chi connectivity index (χ0) is 13.3. The predicted molar refractivity (Wildman–Crippen MR) is 86.5 cm³/mol. The van der Waals surface area contributed by atoms with Crippen LogP contribution in [0.2, 0.25) is 0 Å². The second kappa shape index (κ2) is 6.16. The van der Waals surface area contributed by atoms with Crippen molar-refractivity contribution in [2.75, 3.05) is 6.16 Å². The van der Waals surface area contributed by atoms with E-state index in [1.807, 2.05) is 0 Å². The first kappa shape index (κ1) is 16.3. The van der Waals surface area contributed by atoms with E-state index < -0.39 is 0 Å². The molecule has 0 aromatic carbocycles. The number of hydrogen-bond acceptors (Lipinski definition) is 0. The van der Waals surface area contributed by atoms with Crippen LogP contribution in [-0.4, -0.2) is 11.6 Å². The van der Waals surface area contributed by atoms with E-state index in [4.69, 9.17) is 0 Å². The molecule has 0 spiro atoms. The van der Waals surface area contributed by atoms with Crippen molar-refractivity contribution in [2.24, 2.45) is 10.8 Å². The fourth-order valence-electron chi connectivity index (χ4n) is 1.86. The van der Waals surface area contributed by atoms with Crippen molar-refractivity contribution in [2.45, 2.75) is 66.7 Å². The molecule has 99 valence electrons. The summed E-state index contributed by atoms with van der Waals surface area (Å²) in [5, 5.41) is 2.72. The second-order valence-corrected chi connectivity index (χ2v) is 13.7. The summed E-state index contributed by atoms with van der Waals surface area (Å²) in [5.41, 5.74) is 0.900. The second-order valence-electron chi connectivity index (χ2n) is 7.06. The van der Waals surface area contributed by atoms with Crippen molar-refractivity contribution in [1.29, 1.82) is 0 Å². The van der Waals surface area contributed by atoms with Gasteiger partial charge < -0.3 is 0 Å². The quantitative estimate of drug-likeness (QED) is 0.491. The summed E-state index contributed by atoms with van der Waals surface area (Å²) in [6, 6.07) is 0. The molecule has 1 aliphatic rings. The van der Waals surface area contributed by atoms with E-state index in [1.54, 1.807) is 22.3 Å². The van der Waals surface area contributed by atoms with E-state index in [9.17, 15) is 0 Å². The Bertz CT molecular complexity index is 237. The molecule has 1 rings (SSSR count). The van der Waals surface area contributed by atoms with Crippen LogP contribution >= 0.6 is 24.5 Å². The highest BCUT2D eigenvalue weighted by Gasteiger charge is 2.45. The summed E-state index contributed by atoms with van der Waals surface area (Å²) in [5.74, 6) is 0. The molecule has 1 heterocycles. The molecule has 0 amide bonds. The van der Waals surface area contributed by atoms with Gasteiger partial charge in [-0.2, -0.15) is 0 Å². The summed E-state index contributed by atoms with van der Waals surface area (Å²) >= 11 is 0. The van der Waals surface area contributed by atoms with Crippen LogP contribution in [0.15, 0.2) is 0 Å². The first-order chi connectivity index (χ1) is 7.66. The normalized spacial score (nSPS) is 30.5.